The van der Waals surface area contributed by atoms with Gasteiger partial charge in [-0.25, -0.2) is 0 Å². The fourth-order valence-electron chi connectivity index (χ4n) is 2.30. The van der Waals surface area contributed by atoms with Crippen LogP contribution in [0.3, 0.4) is 0 Å². The Hall–Kier alpha value is -0.903. The van der Waals surface area contributed by atoms with E-state index in [0.29, 0.717) is 11.8 Å². The number of hydrogen-bond donors (Lipinski definition) is 0. The average Bonchev–Trinajstić information content (AvgIpc) is 3.22. The van der Waals surface area contributed by atoms with Crippen molar-refractivity contribution in [3.05, 3.63) is 48.0 Å². The summed E-state index contributed by atoms with van der Waals surface area (Å²) in [5.74, 6) is 1.39. The maximum atomic E-state index is 6.17. The summed E-state index contributed by atoms with van der Waals surface area (Å²) in [5.41, 5.74) is 1.25. The highest BCUT2D eigenvalue weighted by atomic mass is 28.4. The molecule has 0 N–H and O–H groups in total. The van der Waals surface area contributed by atoms with E-state index in [1.54, 1.807) is 0 Å². The molecular formula is C20H32O2Si. The molecule has 23 heavy (non-hydrogen) atoms. The van der Waals surface area contributed by atoms with E-state index in [9.17, 15) is 0 Å². The van der Waals surface area contributed by atoms with Crippen LogP contribution in [-0.4, -0.2) is 21.5 Å². The van der Waals surface area contributed by atoms with Crippen LogP contribution in [0, 0.1) is 11.8 Å². The number of benzene rings is 1. The highest BCUT2D eigenvalue weighted by Crippen LogP contribution is 2.40. The lowest BCUT2D eigenvalue weighted by Gasteiger charge is -2.35. The maximum absolute atomic E-state index is 6.17. The molecule has 2 rings (SSSR count). The van der Waals surface area contributed by atoms with Crippen molar-refractivity contribution in [1.29, 1.82) is 0 Å². The molecule has 128 valence electrons. The van der Waals surface area contributed by atoms with Crippen molar-refractivity contribution in [3.8, 4) is 0 Å². The van der Waals surface area contributed by atoms with Gasteiger partial charge in [-0.3, -0.25) is 0 Å². The van der Waals surface area contributed by atoms with Crippen LogP contribution in [0.2, 0.25) is 18.1 Å². The largest absolute Gasteiger partial charge is 0.413 e. The molecule has 0 radical (unpaired) electrons. The predicted molar refractivity (Wildman–Crippen MR) is 100.0 cm³/mol. The Balaban J connectivity index is 1.60. The van der Waals surface area contributed by atoms with Gasteiger partial charge in [0, 0.05) is 0 Å². The Morgan fingerprint density at radius 3 is 2.52 bits per heavy atom. The monoisotopic (exact) mass is 332 g/mol. The zero-order chi connectivity index (χ0) is 16.9. The van der Waals surface area contributed by atoms with Gasteiger partial charge in [0.15, 0.2) is 8.32 Å². The molecule has 1 aliphatic rings. The van der Waals surface area contributed by atoms with Crippen LogP contribution in [0.1, 0.15) is 32.8 Å². The van der Waals surface area contributed by atoms with E-state index in [1.165, 1.54) is 12.0 Å². The third-order valence-electron chi connectivity index (χ3n) is 5.15. The molecule has 1 aromatic rings. The van der Waals surface area contributed by atoms with Crippen molar-refractivity contribution in [2.45, 2.75) is 51.9 Å². The number of ether oxygens (including phenoxy) is 1. The van der Waals surface area contributed by atoms with Gasteiger partial charge < -0.3 is 9.16 Å². The summed E-state index contributed by atoms with van der Waals surface area (Å²) in [6, 6.07) is 10.4. The lowest BCUT2D eigenvalue weighted by atomic mass is 10.2. The van der Waals surface area contributed by atoms with Gasteiger partial charge in [0.25, 0.3) is 0 Å². The molecule has 0 aromatic heterocycles. The van der Waals surface area contributed by atoms with Gasteiger partial charge in [0.1, 0.15) is 0 Å². The second-order valence-electron chi connectivity index (χ2n) is 8.16. The van der Waals surface area contributed by atoms with Gasteiger partial charge in [0.05, 0.1) is 19.8 Å². The van der Waals surface area contributed by atoms with Crippen molar-refractivity contribution in [2.24, 2.45) is 11.8 Å². The van der Waals surface area contributed by atoms with Gasteiger partial charge >= 0.3 is 0 Å². The first-order valence-electron chi connectivity index (χ1n) is 8.72. The molecule has 0 aliphatic heterocycles. The fraction of sp³-hybridized carbons (Fsp3) is 0.600. The molecule has 0 saturated heterocycles. The maximum Gasteiger partial charge on any atom is 0.192 e. The summed E-state index contributed by atoms with van der Waals surface area (Å²) >= 11 is 0. The molecule has 2 nitrogen and oxygen atoms in total. The van der Waals surface area contributed by atoms with E-state index in [1.807, 2.05) is 6.07 Å². The van der Waals surface area contributed by atoms with Crippen LogP contribution in [0.15, 0.2) is 42.5 Å². The minimum absolute atomic E-state index is 0.286. The van der Waals surface area contributed by atoms with Crippen molar-refractivity contribution in [2.75, 3.05) is 13.2 Å². The standard InChI is InChI=1S/C20H32O2Si/c1-20(2,3)23(4,5)22-13-9-12-18-14-19(18)16-21-15-17-10-7-6-8-11-17/h6-12,18-19H,13-16H2,1-5H3/b12-9+/t18-,19+/m1/s1. The van der Waals surface area contributed by atoms with Crippen LogP contribution in [0.5, 0.6) is 0 Å². The SMILES string of the molecule is CC(C)(C)[Si](C)(C)OC/C=C/[C@@H]1C[C@H]1COCc1ccccc1. The summed E-state index contributed by atoms with van der Waals surface area (Å²) < 4.78 is 12.0. The zero-order valence-corrected chi connectivity index (χ0v) is 16.3. The smallest absolute Gasteiger partial charge is 0.192 e. The Morgan fingerprint density at radius 1 is 1.17 bits per heavy atom. The second kappa shape index (κ2) is 7.78. The third kappa shape index (κ3) is 5.90. The highest BCUT2D eigenvalue weighted by Gasteiger charge is 2.37. The molecule has 0 spiro atoms. The summed E-state index contributed by atoms with van der Waals surface area (Å²) in [6.45, 7) is 13.8. The number of hydrogen-bond acceptors (Lipinski definition) is 2. The van der Waals surface area contributed by atoms with Crippen molar-refractivity contribution in [1.82, 2.24) is 0 Å². The van der Waals surface area contributed by atoms with E-state index < -0.39 is 8.32 Å². The van der Waals surface area contributed by atoms with E-state index in [0.717, 1.165) is 19.8 Å². The lowest BCUT2D eigenvalue weighted by Crippen LogP contribution is -2.40. The fourth-order valence-corrected chi connectivity index (χ4v) is 3.25. The molecule has 3 heteroatoms. The highest BCUT2D eigenvalue weighted by molar-refractivity contribution is 6.74. The summed E-state index contributed by atoms with van der Waals surface area (Å²) in [5, 5.41) is 0.286. The number of rotatable bonds is 8. The van der Waals surface area contributed by atoms with E-state index >= 15 is 0 Å². The van der Waals surface area contributed by atoms with E-state index in [-0.39, 0.29) is 5.04 Å². The van der Waals surface area contributed by atoms with Crippen LogP contribution in [0.4, 0.5) is 0 Å². The van der Waals surface area contributed by atoms with E-state index in [2.05, 4.69) is 70.3 Å². The zero-order valence-electron chi connectivity index (χ0n) is 15.3. The minimum atomic E-state index is -1.61. The van der Waals surface area contributed by atoms with Gasteiger partial charge in [-0.05, 0) is 42.0 Å². The predicted octanol–water partition coefficient (Wildman–Crippen LogP) is 5.42. The van der Waals surface area contributed by atoms with Crippen molar-refractivity contribution >= 4 is 8.32 Å². The summed E-state index contributed by atoms with van der Waals surface area (Å²) in [4.78, 5) is 0. The molecule has 0 heterocycles. The lowest BCUT2D eigenvalue weighted by molar-refractivity contribution is 0.109. The molecule has 1 aliphatic carbocycles. The van der Waals surface area contributed by atoms with E-state index in [4.69, 9.17) is 9.16 Å². The molecule has 0 unspecified atom stereocenters. The quantitative estimate of drug-likeness (QED) is 0.467. The molecule has 1 fully saturated rings. The summed E-state index contributed by atoms with van der Waals surface area (Å²) in [7, 11) is -1.61. The molecular weight excluding hydrogens is 300 g/mol. The normalized spacial score (nSPS) is 21.8. The molecule has 1 aromatic carbocycles. The molecule has 0 bridgehead atoms. The second-order valence-corrected chi connectivity index (χ2v) is 13.0. The minimum Gasteiger partial charge on any atom is -0.413 e. The first-order chi connectivity index (χ1) is 10.8. The Labute approximate surface area is 143 Å². The van der Waals surface area contributed by atoms with Gasteiger partial charge in [-0.15, -0.1) is 0 Å². The van der Waals surface area contributed by atoms with Crippen LogP contribution < -0.4 is 0 Å². The van der Waals surface area contributed by atoms with Gasteiger partial charge in [-0.2, -0.15) is 0 Å². The van der Waals surface area contributed by atoms with Crippen molar-refractivity contribution < 1.29 is 9.16 Å². The first kappa shape index (κ1) is 18.4. The Morgan fingerprint density at radius 2 is 1.87 bits per heavy atom. The molecule has 1 saturated carbocycles. The average molecular weight is 333 g/mol. The number of allylic oxidation sites excluding steroid dienone is 1. The van der Waals surface area contributed by atoms with Gasteiger partial charge in [0.2, 0.25) is 0 Å². The van der Waals surface area contributed by atoms with Crippen LogP contribution in [-0.2, 0) is 15.8 Å². The Bertz CT molecular complexity index is 502. The first-order valence-corrected chi connectivity index (χ1v) is 11.6. The third-order valence-corrected chi connectivity index (χ3v) is 9.65. The molecule has 0 amide bonds. The van der Waals surface area contributed by atoms with Gasteiger partial charge in [-0.1, -0.05) is 63.3 Å². The molecule has 2 atom stereocenters. The summed E-state index contributed by atoms with van der Waals surface area (Å²) in [6.07, 6.45) is 5.79. The Kier molecular flexibility index (Phi) is 6.23. The topological polar surface area (TPSA) is 18.5 Å². The van der Waals surface area contributed by atoms with Crippen LogP contribution in [0.25, 0.3) is 0 Å². The van der Waals surface area contributed by atoms with Crippen molar-refractivity contribution in [3.63, 3.8) is 0 Å². The van der Waals surface area contributed by atoms with Crippen LogP contribution >= 0.6 is 0 Å².